The molecule has 0 bridgehead atoms. The Bertz CT molecular complexity index is 280. The Labute approximate surface area is 107 Å². The zero-order chi connectivity index (χ0) is 8.43. The van der Waals surface area contributed by atoms with Gasteiger partial charge < -0.3 is 15.3 Å². The van der Waals surface area contributed by atoms with Gasteiger partial charge >= 0.3 is 63.0 Å². The third-order valence-electron chi connectivity index (χ3n) is 0.876. The van der Waals surface area contributed by atoms with E-state index in [2.05, 4.69) is 10.3 Å². The molecule has 1 heterocycles. The van der Waals surface area contributed by atoms with Crippen molar-refractivity contribution in [1.82, 2.24) is 15.4 Å². The van der Waals surface area contributed by atoms with Crippen molar-refractivity contribution < 1.29 is 15.1 Å². The molecule has 10 heteroatoms. The number of aromatic nitrogens is 3. The van der Waals surface area contributed by atoms with E-state index in [0.717, 1.165) is 0 Å². The van der Waals surface area contributed by atoms with Gasteiger partial charge in [0, 0.05) is 0 Å². The number of hydrogen-bond donors (Lipinski definition) is 2. The van der Waals surface area contributed by atoms with E-state index in [-0.39, 0.29) is 51.4 Å². The predicted molar refractivity (Wildman–Crippen MR) is 35.3 cm³/mol. The van der Waals surface area contributed by atoms with Crippen LogP contribution in [0.5, 0.6) is 0 Å². The van der Waals surface area contributed by atoms with Crippen LogP contribution in [-0.4, -0.2) is 81.8 Å². The molecule has 0 atom stereocenters. The summed E-state index contributed by atoms with van der Waals surface area (Å²) in [5.74, 6) is -1.52. The van der Waals surface area contributed by atoms with Gasteiger partial charge in [0.2, 0.25) is 0 Å². The van der Waals surface area contributed by atoms with Crippen LogP contribution in [0.15, 0.2) is 0 Å². The molecule has 0 saturated carbocycles. The molecule has 1 rings (SSSR count). The van der Waals surface area contributed by atoms with Gasteiger partial charge in [-0.3, -0.25) is 0 Å². The number of hydrogen-bond acceptors (Lipinski definition) is 5. The minimum atomic E-state index is -0.920. The van der Waals surface area contributed by atoms with Crippen molar-refractivity contribution >= 4 is 63.0 Å². The molecule has 0 saturated heterocycles. The zero-order valence-electron chi connectivity index (χ0n) is 4.96. The van der Waals surface area contributed by atoms with Gasteiger partial charge in [-0.15, -0.1) is 0 Å². The first-order valence-corrected chi connectivity index (χ1v) is 2.34. The van der Waals surface area contributed by atoms with Gasteiger partial charge in [-0.2, -0.15) is 0 Å². The Hall–Kier alpha value is -0.424. The topological polar surface area (TPSA) is 125 Å². The number of H-pyrrole nitrogens is 1. The molecular weight excluding hydrogens is 197 g/mol. The fourth-order valence-electron chi connectivity index (χ4n) is 0.468. The molecule has 2 N–H and O–H groups in total. The second-order valence-electron chi connectivity index (χ2n) is 1.51. The van der Waals surface area contributed by atoms with E-state index in [1.807, 2.05) is 5.10 Å². The van der Waals surface area contributed by atoms with E-state index in [1.165, 1.54) is 0 Å². The summed E-state index contributed by atoms with van der Waals surface area (Å²) in [4.78, 5) is 18.4. The van der Waals surface area contributed by atoms with E-state index in [4.69, 9.17) is 5.21 Å². The summed E-state index contributed by atoms with van der Waals surface area (Å²) in [6.45, 7) is 0. The van der Waals surface area contributed by atoms with Crippen molar-refractivity contribution in [1.29, 1.82) is 0 Å². The molecule has 0 aliphatic carbocycles. The normalized spacial score (nSPS) is 8.67. The number of nitro groups is 1. The molecule has 12 heavy (non-hydrogen) atoms. The maximum absolute atomic E-state index is 10.1. The Balaban J connectivity index is 0.00000121. The molecular formula is C2H3KN5O4+. The van der Waals surface area contributed by atoms with Crippen LogP contribution < -0.4 is 0 Å². The molecule has 1 aromatic heterocycles. The first-order valence-electron chi connectivity index (χ1n) is 2.34. The van der Waals surface area contributed by atoms with Gasteiger partial charge in [-0.05, 0) is 9.83 Å². The fraction of sp³-hybridized carbons (Fsp3) is 0. The Morgan fingerprint density at radius 3 is 2.42 bits per heavy atom. The van der Waals surface area contributed by atoms with E-state index < -0.39 is 21.5 Å². The number of nitrogens with zero attached hydrogens (tertiary/aromatic N) is 4. The maximum atomic E-state index is 10.1. The SMILES string of the molecule is O=[N+]([O-])c1[nH]nnc1[N+](=O)O.[KH]. The van der Waals surface area contributed by atoms with Crippen molar-refractivity contribution in [3.63, 3.8) is 0 Å². The van der Waals surface area contributed by atoms with E-state index in [9.17, 15) is 15.0 Å². The van der Waals surface area contributed by atoms with Crippen molar-refractivity contribution in [2.24, 2.45) is 0 Å². The molecule has 0 spiro atoms. The van der Waals surface area contributed by atoms with E-state index in [0.29, 0.717) is 0 Å². The first kappa shape index (κ1) is 11.6. The number of rotatable bonds is 2. The third kappa shape index (κ3) is 2.28. The predicted octanol–water partition coefficient (Wildman–Crippen LogP) is -1.14. The van der Waals surface area contributed by atoms with Crippen LogP contribution in [0.25, 0.3) is 0 Å². The second kappa shape index (κ2) is 4.56. The van der Waals surface area contributed by atoms with Crippen LogP contribution in [0.4, 0.5) is 11.6 Å². The molecule has 0 aliphatic rings. The quantitative estimate of drug-likeness (QED) is 0.353. The van der Waals surface area contributed by atoms with Crippen LogP contribution in [0.1, 0.15) is 0 Å². The molecule has 0 aliphatic heterocycles. The van der Waals surface area contributed by atoms with Crippen LogP contribution in [0.2, 0.25) is 0 Å². The summed E-state index contributed by atoms with van der Waals surface area (Å²) in [6.07, 6.45) is 0. The minimum absolute atomic E-state index is 0. The molecule has 0 fully saturated rings. The van der Waals surface area contributed by atoms with Crippen LogP contribution in [-0.2, 0) is 0 Å². The van der Waals surface area contributed by atoms with Crippen molar-refractivity contribution in [3.05, 3.63) is 15.0 Å². The van der Waals surface area contributed by atoms with Gasteiger partial charge in [0.05, 0.1) is 0 Å². The standard InChI is InChI=1S/C2H2N5O4.K.H/c8-6(9)1-2(7(10)11)4-5-3-1;;/h(H,8,9)(H,3,4,5);;/q+1;;. The summed E-state index contributed by atoms with van der Waals surface area (Å²) in [5.41, 5.74) is 0. The van der Waals surface area contributed by atoms with Gasteiger partial charge in [0.25, 0.3) is 0 Å². The molecule has 0 radical (unpaired) electrons. The fourth-order valence-corrected chi connectivity index (χ4v) is 0.468. The molecule has 0 unspecified atom stereocenters. The summed E-state index contributed by atoms with van der Waals surface area (Å²) >= 11 is 0. The molecule has 1 aromatic rings. The van der Waals surface area contributed by atoms with Crippen molar-refractivity contribution in [2.45, 2.75) is 0 Å². The van der Waals surface area contributed by atoms with Gasteiger partial charge in [-0.25, -0.2) is 0 Å². The molecule has 9 nitrogen and oxygen atoms in total. The Morgan fingerprint density at radius 1 is 1.50 bits per heavy atom. The van der Waals surface area contributed by atoms with Gasteiger partial charge in [0.1, 0.15) is 10.3 Å². The number of nitrogens with one attached hydrogen (secondary N) is 1. The van der Waals surface area contributed by atoms with Gasteiger partial charge in [-0.1, -0.05) is 5.10 Å². The van der Waals surface area contributed by atoms with Crippen molar-refractivity contribution in [3.8, 4) is 0 Å². The third-order valence-corrected chi connectivity index (χ3v) is 0.876. The summed E-state index contributed by atoms with van der Waals surface area (Å²) in [6, 6.07) is 0. The van der Waals surface area contributed by atoms with Crippen LogP contribution in [0.3, 0.4) is 0 Å². The van der Waals surface area contributed by atoms with Crippen LogP contribution >= 0.6 is 0 Å². The van der Waals surface area contributed by atoms with E-state index in [1.54, 1.807) is 0 Å². The monoisotopic (exact) mass is 200 g/mol. The average molecular weight is 200 g/mol. The Kier molecular flexibility index (Phi) is 4.40. The summed E-state index contributed by atoms with van der Waals surface area (Å²) < 4.78 is 0. The molecule has 0 aromatic carbocycles. The first-order chi connectivity index (χ1) is 5.13. The summed E-state index contributed by atoms with van der Waals surface area (Å²) in [5, 5.41) is 25.9. The molecule has 0 amide bonds. The van der Waals surface area contributed by atoms with Gasteiger partial charge in [0.15, 0.2) is 4.92 Å². The van der Waals surface area contributed by atoms with Crippen molar-refractivity contribution in [2.75, 3.05) is 0 Å². The molecule has 60 valence electrons. The second-order valence-corrected chi connectivity index (χ2v) is 1.51. The average Bonchev–Trinajstić information content (AvgIpc) is 2.32. The zero-order valence-corrected chi connectivity index (χ0v) is 4.96. The van der Waals surface area contributed by atoms with E-state index >= 15 is 0 Å². The van der Waals surface area contributed by atoms with Crippen LogP contribution in [0, 0.1) is 15.0 Å². The number of aromatic amines is 1. The summed E-state index contributed by atoms with van der Waals surface area (Å²) in [7, 11) is 0. The Morgan fingerprint density at radius 2 is 2.08 bits per heavy atom.